The van der Waals surface area contributed by atoms with Crippen molar-refractivity contribution in [1.29, 1.82) is 0 Å². The minimum absolute atomic E-state index is 0.215. The molecule has 18 heavy (non-hydrogen) atoms. The largest absolute Gasteiger partial charge is 0.276 e. The highest BCUT2D eigenvalue weighted by molar-refractivity contribution is 6.21. The first-order valence-electron chi connectivity index (χ1n) is 5.77. The summed E-state index contributed by atoms with van der Waals surface area (Å²) >= 11 is 0. The molecule has 2 rings (SSSR count). The van der Waals surface area contributed by atoms with E-state index in [1.807, 2.05) is 13.0 Å². The summed E-state index contributed by atoms with van der Waals surface area (Å²) in [4.78, 5) is 24.5. The van der Waals surface area contributed by atoms with E-state index in [1.165, 1.54) is 5.01 Å². The molecule has 0 spiro atoms. The van der Waals surface area contributed by atoms with Crippen LogP contribution in [0.25, 0.3) is 0 Å². The Morgan fingerprint density at radius 1 is 1.33 bits per heavy atom. The lowest BCUT2D eigenvalue weighted by Crippen LogP contribution is -2.44. The average Bonchev–Trinajstić information content (AvgIpc) is 2.62. The number of imide groups is 1. The van der Waals surface area contributed by atoms with E-state index >= 15 is 0 Å². The van der Waals surface area contributed by atoms with Crippen molar-refractivity contribution in [3.05, 3.63) is 34.9 Å². The number of hydrogen-bond donors (Lipinski definition) is 0. The predicted molar refractivity (Wildman–Crippen MR) is 67.8 cm³/mol. The van der Waals surface area contributed by atoms with Gasteiger partial charge in [0.2, 0.25) is 0 Å². The summed E-state index contributed by atoms with van der Waals surface area (Å²) in [6, 6.07) is 5.35. The third-order valence-corrected chi connectivity index (χ3v) is 3.02. The van der Waals surface area contributed by atoms with Gasteiger partial charge in [0.25, 0.3) is 11.8 Å². The lowest BCUT2D eigenvalue weighted by molar-refractivity contribution is 0.0186. The molecular weight excluding hydrogens is 228 g/mol. The average molecular weight is 242 g/mol. The van der Waals surface area contributed by atoms with Crippen LogP contribution in [0.5, 0.6) is 0 Å². The van der Waals surface area contributed by atoms with E-state index in [9.17, 15) is 9.59 Å². The van der Waals surface area contributed by atoms with E-state index in [1.54, 1.807) is 19.2 Å². The first kappa shape index (κ1) is 12.3. The number of terminal acetylenes is 1. The van der Waals surface area contributed by atoms with Gasteiger partial charge in [-0.3, -0.25) is 9.59 Å². The first-order valence-corrected chi connectivity index (χ1v) is 5.77. The van der Waals surface area contributed by atoms with Crippen molar-refractivity contribution in [3.8, 4) is 12.3 Å². The summed E-state index contributed by atoms with van der Waals surface area (Å²) in [6.07, 6.45) is 5.93. The maximum atomic E-state index is 12.3. The van der Waals surface area contributed by atoms with E-state index < -0.39 is 0 Å². The van der Waals surface area contributed by atoms with E-state index in [2.05, 4.69) is 5.92 Å². The fourth-order valence-electron chi connectivity index (χ4n) is 2.15. The van der Waals surface area contributed by atoms with Gasteiger partial charge in [-0.2, -0.15) is 0 Å². The monoisotopic (exact) mass is 242 g/mol. The number of hydrogen-bond acceptors (Lipinski definition) is 3. The van der Waals surface area contributed by atoms with Crippen LogP contribution >= 0.6 is 0 Å². The molecule has 1 aliphatic heterocycles. The van der Waals surface area contributed by atoms with Gasteiger partial charge in [-0.15, -0.1) is 6.42 Å². The fraction of sp³-hybridized carbons (Fsp3) is 0.286. The zero-order chi connectivity index (χ0) is 13.3. The van der Waals surface area contributed by atoms with Gasteiger partial charge in [-0.05, 0) is 18.1 Å². The molecule has 0 aromatic heterocycles. The van der Waals surface area contributed by atoms with Crippen LogP contribution in [0.4, 0.5) is 0 Å². The molecule has 0 bridgehead atoms. The number of carbonyl (C=O) groups is 2. The van der Waals surface area contributed by atoms with Crippen molar-refractivity contribution in [2.75, 3.05) is 13.6 Å². The van der Waals surface area contributed by atoms with Crippen molar-refractivity contribution < 1.29 is 9.59 Å². The summed E-state index contributed by atoms with van der Waals surface area (Å²) < 4.78 is 0. The summed E-state index contributed by atoms with van der Waals surface area (Å²) in [7, 11) is 1.63. The van der Waals surface area contributed by atoms with Gasteiger partial charge >= 0.3 is 0 Å². The van der Waals surface area contributed by atoms with Crippen molar-refractivity contribution >= 4 is 11.8 Å². The van der Waals surface area contributed by atoms with Gasteiger partial charge in [0.05, 0.1) is 17.7 Å². The number of carbonyl (C=O) groups excluding carboxylic acids is 2. The van der Waals surface area contributed by atoms with Gasteiger partial charge < -0.3 is 0 Å². The third kappa shape index (κ3) is 1.69. The highest BCUT2D eigenvalue weighted by Gasteiger charge is 2.39. The Labute approximate surface area is 106 Å². The molecule has 0 unspecified atom stereocenters. The zero-order valence-electron chi connectivity index (χ0n) is 10.4. The van der Waals surface area contributed by atoms with E-state index in [-0.39, 0.29) is 18.4 Å². The Morgan fingerprint density at radius 2 is 2.06 bits per heavy atom. The maximum Gasteiger partial charge on any atom is 0.276 e. The minimum Gasteiger partial charge on any atom is -0.267 e. The van der Waals surface area contributed by atoms with Crippen LogP contribution in [0.3, 0.4) is 0 Å². The van der Waals surface area contributed by atoms with Crippen molar-refractivity contribution in [1.82, 2.24) is 10.0 Å². The summed E-state index contributed by atoms with van der Waals surface area (Å²) in [5, 5.41) is 2.58. The second-order valence-electron chi connectivity index (χ2n) is 4.14. The maximum absolute atomic E-state index is 12.3. The minimum atomic E-state index is -0.303. The smallest absolute Gasteiger partial charge is 0.267 e. The second-order valence-corrected chi connectivity index (χ2v) is 4.14. The van der Waals surface area contributed by atoms with Crippen LogP contribution < -0.4 is 0 Å². The Balaban J connectivity index is 2.48. The third-order valence-electron chi connectivity index (χ3n) is 3.02. The molecule has 0 fully saturated rings. The second kappa shape index (κ2) is 4.63. The summed E-state index contributed by atoms with van der Waals surface area (Å²) in [5.41, 5.74) is 1.86. The van der Waals surface area contributed by atoms with Crippen molar-refractivity contribution in [3.63, 3.8) is 0 Å². The molecule has 4 nitrogen and oxygen atoms in total. The van der Waals surface area contributed by atoms with Gasteiger partial charge in [-0.1, -0.05) is 25.0 Å². The van der Waals surface area contributed by atoms with Crippen LogP contribution in [-0.2, 0) is 6.42 Å². The molecule has 0 radical (unpaired) electrons. The number of hydrazine groups is 1. The van der Waals surface area contributed by atoms with Crippen LogP contribution in [-0.4, -0.2) is 35.4 Å². The molecule has 0 saturated carbocycles. The number of aryl methyl sites for hydroxylation is 1. The molecule has 92 valence electrons. The highest BCUT2D eigenvalue weighted by Crippen LogP contribution is 2.27. The first-order chi connectivity index (χ1) is 8.61. The molecule has 1 aromatic carbocycles. The Morgan fingerprint density at radius 3 is 2.67 bits per heavy atom. The van der Waals surface area contributed by atoms with Crippen LogP contribution in [0, 0.1) is 12.3 Å². The van der Waals surface area contributed by atoms with Crippen molar-refractivity contribution in [2.24, 2.45) is 0 Å². The molecule has 4 heteroatoms. The molecule has 0 aliphatic carbocycles. The SMILES string of the molecule is C#CCN(C)N1C(=O)c2cccc(CC)c2C1=O. The Kier molecular flexibility index (Phi) is 3.17. The topological polar surface area (TPSA) is 40.6 Å². The quantitative estimate of drug-likeness (QED) is 0.593. The van der Waals surface area contributed by atoms with Gasteiger partial charge in [0.15, 0.2) is 0 Å². The van der Waals surface area contributed by atoms with Crippen molar-refractivity contribution in [2.45, 2.75) is 13.3 Å². The number of fused-ring (bicyclic) bond motifs is 1. The molecule has 2 amide bonds. The lowest BCUT2D eigenvalue weighted by atomic mass is 10.0. The Bertz CT molecular complexity index is 557. The van der Waals surface area contributed by atoms with E-state index in [0.717, 1.165) is 17.0 Å². The summed E-state index contributed by atoms with van der Waals surface area (Å²) in [6.45, 7) is 2.17. The predicted octanol–water partition coefficient (Wildman–Crippen LogP) is 1.33. The number of amides is 2. The molecular formula is C14H14N2O2. The zero-order valence-corrected chi connectivity index (χ0v) is 10.4. The number of nitrogens with zero attached hydrogens (tertiary/aromatic N) is 2. The van der Waals surface area contributed by atoms with Crippen LogP contribution in [0.15, 0.2) is 18.2 Å². The van der Waals surface area contributed by atoms with E-state index in [4.69, 9.17) is 6.42 Å². The molecule has 0 saturated heterocycles. The normalized spacial score (nSPS) is 14.0. The van der Waals surface area contributed by atoms with Gasteiger partial charge in [-0.25, -0.2) is 10.0 Å². The fourth-order valence-corrected chi connectivity index (χ4v) is 2.15. The molecule has 0 atom stereocenters. The summed E-state index contributed by atoms with van der Waals surface area (Å²) in [5.74, 6) is 1.83. The molecule has 1 aliphatic rings. The lowest BCUT2D eigenvalue weighted by Gasteiger charge is -2.23. The van der Waals surface area contributed by atoms with Crippen LogP contribution in [0.2, 0.25) is 0 Å². The molecule has 1 aromatic rings. The molecule has 1 heterocycles. The number of benzene rings is 1. The number of rotatable bonds is 3. The van der Waals surface area contributed by atoms with Crippen LogP contribution in [0.1, 0.15) is 33.2 Å². The Hall–Kier alpha value is -2.12. The highest BCUT2D eigenvalue weighted by atomic mass is 16.2. The van der Waals surface area contributed by atoms with Gasteiger partial charge in [0.1, 0.15) is 0 Å². The van der Waals surface area contributed by atoms with Gasteiger partial charge in [0, 0.05) is 7.05 Å². The molecule has 0 N–H and O–H groups in total. The standard InChI is InChI=1S/C14H14N2O2/c1-4-9-15(3)16-13(17)11-8-6-7-10(5-2)12(11)14(16)18/h1,6-8H,5,9H2,2-3H3. The van der Waals surface area contributed by atoms with E-state index in [0.29, 0.717) is 11.1 Å².